The lowest BCUT2D eigenvalue weighted by Gasteiger charge is -2.00. The molecular weight excluding hydrogens is 234 g/mol. The van der Waals surface area contributed by atoms with Crippen molar-refractivity contribution in [3.63, 3.8) is 0 Å². The van der Waals surface area contributed by atoms with Gasteiger partial charge in [0.05, 0.1) is 16.3 Å². The van der Waals surface area contributed by atoms with Crippen molar-refractivity contribution < 1.29 is 10.0 Å². The lowest BCUT2D eigenvalue weighted by Crippen LogP contribution is -1.96. The van der Waals surface area contributed by atoms with E-state index >= 15 is 0 Å². The zero-order chi connectivity index (χ0) is 13.1. The van der Waals surface area contributed by atoms with Gasteiger partial charge >= 0.3 is 0 Å². The Balaban J connectivity index is 2.39. The van der Waals surface area contributed by atoms with Gasteiger partial charge in [-0.3, -0.25) is 10.1 Å². The van der Waals surface area contributed by atoms with Gasteiger partial charge in [0.1, 0.15) is 0 Å². The number of aliphatic hydroxyl groups excluding tert-OH is 1. The predicted molar refractivity (Wildman–Crippen MR) is 65.7 cm³/mol. The molecule has 1 aromatic heterocycles. The molecule has 0 spiro atoms. The first kappa shape index (κ1) is 12.3. The molecule has 94 valence electrons. The molecule has 2 aromatic rings. The standard InChI is InChI=1S/C12H13N3O3/c1-9-10(5-6-16)8-14(13-9)11-3-2-4-12(7-11)15(17)18/h2-4,7-8,16H,5-6H2,1H3. The van der Waals surface area contributed by atoms with Crippen molar-refractivity contribution in [2.75, 3.05) is 6.61 Å². The number of aromatic nitrogens is 2. The summed E-state index contributed by atoms with van der Waals surface area (Å²) in [6.07, 6.45) is 2.31. The van der Waals surface area contributed by atoms with Crippen LogP contribution in [0.2, 0.25) is 0 Å². The second-order valence-corrected chi connectivity index (χ2v) is 3.93. The van der Waals surface area contributed by atoms with Gasteiger partial charge in [0.2, 0.25) is 0 Å². The molecule has 18 heavy (non-hydrogen) atoms. The van der Waals surface area contributed by atoms with E-state index in [4.69, 9.17) is 5.11 Å². The highest BCUT2D eigenvalue weighted by molar-refractivity contribution is 5.43. The maximum absolute atomic E-state index is 10.7. The Hall–Kier alpha value is -2.21. The van der Waals surface area contributed by atoms with Crippen LogP contribution in [0.5, 0.6) is 0 Å². The fourth-order valence-electron chi connectivity index (χ4n) is 1.74. The van der Waals surface area contributed by atoms with Gasteiger partial charge in [0, 0.05) is 24.9 Å². The van der Waals surface area contributed by atoms with Crippen LogP contribution < -0.4 is 0 Å². The molecule has 0 aliphatic rings. The number of hydrogen-bond donors (Lipinski definition) is 1. The Morgan fingerprint density at radius 2 is 2.28 bits per heavy atom. The zero-order valence-corrected chi connectivity index (χ0v) is 9.91. The monoisotopic (exact) mass is 247 g/mol. The van der Waals surface area contributed by atoms with Gasteiger partial charge in [-0.1, -0.05) is 6.07 Å². The Bertz CT molecular complexity index is 578. The van der Waals surface area contributed by atoms with Crippen LogP contribution in [0.25, 0.3) is 5.69 Å². The molecule has 0 fully saturated rings. The molecule has 0 radical (unpaired) electrons. The first-order chi connectivity index (χ1) is 8.61. The number of nitro benzene ring substituents is 1. The molecule has 6 heteroatoms. The Labute approximate surface area is 104 Å². The lowest BCUT2D eigenvalue weighted by molar-refractivity contribution is -0.384. The lowest BCUT2D eigenvalue weighted by atomic mass is 10.2. The molecule has 0 saturated heterocycles. The van der Waals surface area contributed by atoms with E-state index in [1.165, 1.54) is 12.1 Å². The van der Waals surface area contributed by atoms with Crippen LogP contribution in [-0.2, 0) is 6.42 Å². The minimum atomic E-state index is -0.436. The molecule has 0 aliphatic carbocycles. The number of aliphatic hydroxyl groups is 1. The number of hydrogen-bond acceptors (Lipinski definition) is 4. The van der Waals surface area contributed by atoms with E-state index in [9.17, 15) is 10.1 Å². The number of nitro groups is 1. The molecule has 0 atom stereocenters. The van der Waals surface area contributed by atoms with Gasteiger partial charge in [0.15, 0.2) is 0 Å². The molecule has 1 heterocycles. The SMILES string of the molecule is Cc1nn(-c2cccc([N+](=O)[O-])c2)cc1CCO. The zero-order valence-electron chi connectivity index (χ0n) is 9.91. The Kier molecular flexibility index (Phi) is 3.38. The van der Waals surface area contributed by atoms with Crippen molar-refractivity contribution in [2.24, 2.45) is 0 Å². The van der Waals surface area contributed by atoms with E-state index in [1.54, 1.807) is 23.0 Å². The molecule has 0 unspecified atom stereocenters. The number of benzene rings is 1. The van der Waals surface area contributed by atoms with E-state index in [-0.39, 0.29) is 12.3 Å². The van der Waals surface area contributed by atoms with Gasteiger partial charge in [-0.25, -0.2) is 4.68 Å². The fourth-order valence-corrected chi connectivity index (χ4v) is 1.74. The molecule has 6 nitrogen and oxygen atoms in total. The van der Waals surface area contributed by atoms with E-state index < -0.39 is 4.92 Å². The highest BCUT2D eigenvalue weighted by Crippen LogP contribution is 2.17. The van der Waals surface area contributed by atoms with Gasteiger partial charge < -0.3 is 5.11 Å². The summed E-state index contributed by atoms with van der Waals surface area (Å²) in [6.45, 7) is 1.90. The van der Waals surface area contributed by atoms with Crippen molar-refractivity contribution in [3.05, 3.63) is 51.8 Å². The summed E-state index contributed by atoms with van der Waals surface area (Å²) in [7, 11) is 0. The predicted octanol–water partition coefficient (Wildman–Crippen LogP) is 1.62. The van der Waals surface area contributed by atoms with Crippen LogP contribution in [0.3, 0.4) is 0 Å². The van der Waals surface area contributed by atoms with Crippen LogP contribution >= 0.6 is 0 Å². The number of non-ortho nitro benzene ring substituents is 1. The molecular formula is C12H13N3O3. The minimum Gasteiger partial charge on any atom is -0.396 e. The van der Waals surface area contributed by atoms with Crippen molar-refractivity contribution in [1.82, 2.24) is 9.78 Å². The summed E-state index contributed by atoms with van der Waals surface area (Å²) < 4.78 is 1.59. The summed E-state index contributed by atoms with van der Waals surface area (Å²) in [6, 6.07) is 6.28. The van der Waals surface area contributed by atoms with Crippen molar-refractivity contribution in [3.8, 4) is 5.69 Å². The number of rotatable bonds is 4. The molecule has 0 aliphatic heterocycles. The van der Waals surface area contributed by atoms with Crippen LogP contribution in [0, 0.1) is 17.0 Å². The second kappa shape index (κ2) is 4.97. The molecule has 1 aromatic carbocycles. The minimum absolute atomic E-state index is 0.0318. The van der Waals surface area contributed by atoms with E-state index in [0.29, 0.717) is 12.1 Å². The first-order valence-electron chi connectivity index (χ1n) is 5.52. The Morgan fingerprint density at radius 1 is 1.50 bits per heavy atom. The third-order valence-electron chi connectivity index (χ3n) is 2.69. The fraction of sp³-hybridized carbons (Fsp3) is 0.250. The van der Waals surface area contributed by atoms with Crippen LogP contribution in [0.4, 0.5) is 5.69 Å². The molecule has 0 amide bonds. The van der Waals surface area contributed by atoms with Crippen molar-refractivity contribution in [1.29, 1.82) is 0 Å². The second-order valence-electron chi connectivity index (χ2n) is 3.93. The van der Waals surface area contributed by atoms with Crippen LogP contribution in [0.15, 0.2) is 30.5 Å². The summed E-state index contributed by atoms with van der Waals surface area (Å²) in [5.74, 6) is 0. The first-order valence-corrected chi connectivity index (χ1v) is 5.52. The average Bonchev–Trinajstić information content (AvgIpc) is 2.72. The van der Waals surface area contributed by atoms with E-state index in [2.05, 4.69) is 5.10 Å². The van der Waals surface area contributed by atoms with Gasteiger partial charge in [-0.05, 0) is 25.0 Å². The maximum atomic E-state index is 10.7. The van der Waals surface area contributed by atoms with E-state index in [1.807, 2.05) is 6.92 Å². The van der Waals surface area contributed by atoms with Gasteiger partial charge in [-0.15, -0.1) is 0 Å². The van der Waals surface area contributed by atoms with E-state index in [0.717, 1.165) is 11.3 Å². The molecule has 0 bridgehead atoms. The number of nitrogens with zero attached hydrogens (tertiary/aromatic N) is 3. The van der Waals surface area contributed by atoms with Crippen LogP contribution in [0.1, 0.15) is 11.3 Å². The quantitative estimate of drug-likeness (QED) is 0.657. The highest BCUT2D eigenvalue weighted by Gasteiger charge is 2.09. The smallest absolute Gasteiger partial charge is 0.271 e. The topological polar surface area (TPSA) is 81.2 Å². The largest absolute Gasteiger partial charge is 0.396 e. The van der Waals surface area contributed by atoms with Crippen molar-refractivity contribution >= 4 is 5.69 Å². The average molecular weight is 247 g/mol. The maximum Gasteiger partial charge on any atom is 0.271 e. The van der Waals surface area contributed by atoms with Crippen molar-refractivity contribution in [2.45, 2.75) is 13.3 Å². The normalized spacial score (nSPS) is 10.6. The highest BCUT2D eigenvalue weighted by atomic mass is 16.6. The van der Waals surface area contributed by atoms with Gasteiger partial charge in [0.25, 0.3) is 5.69 Å². The molecule has 0 saturated carbocycles. The van der Waals surface area contributed by atoms with Crippen LogP contribution in [-0.4, -0.2) is 26.4 Å². The third kappa shape index (κ3) is 2.38. The Morgan fingerprint density at radius 3 is 2.94 bits per heavy atom. The molecule has 1 N–H and O–H groups in total. The molecule has 2 rings (SSSR count). The summed E-state index contributed by atoms with van der Waals surface area (Å²) in [5.41, 5.74) is 2.42. The number of aryl methyl sites for hydroxylation is 1. The summed E-state index contributed by atoms with van der Waals surface area (Å²) >= 11 is 0. The third-order valence-corrected chi connectivity index (χ3v) is 2.69. The summed E-state index contributed by atoms with van der Waals surface area (Å²) in [4.78, 5) is 10.3. The summed E-state index contributed by atoms with van der Waals surface area (Å²) in [5, 5.41) is 23.9. The van der Waals surface area contributed by atoms with Gasteiger partial charge in [-0.2, -0.15) is 5.10 Å².